The highest BCUT2D eigenvalue weighted by Gasteiger charge is 2.28. The predicted octanol–water partition coefficient (Wildman–Crippen LogP) is 5.63. The molecule has 0 aliphatic rings. The Kier molecular flexibility index (Phi) is 7.37. The standard InChI is InChI=1S/C25H18Cl3FN8O/c1-13(15-6-9-18(27)20(29)11-15)31-25(38)22-17(12-21-32-35-36-33-21)23(14-4-7-16(26)8-5-14)37(34-22)24-19(28)3-2-10-30-24/h2-11,13H,12H2,1H3,(H,31,38)(H,32,33,35,36)/t13-/m1/s1. The van der Waals surface area contributed by atoms with Gasteiger partial charge in [-0.15, -0.1) is 10.2 Å². The molecule has 0 radical (unpaired) electrons. The second-order valence-electron chi connectivity index (χ2n) is 8.28. The van der Waals surface area contributed by atoms with Gasteiger partial charge in [0.15, 0.2) is 17.3 Å². The van der Waals surface area contributed by atoms with Crippen molar-refractivity contribution in [2.45, 2.75) is 19.4 Å². The molecule has 2 N–H and O–H groups in total. The molecule has 0 bridgehead atoms. The number of halogens is 4. The lowest BCUT2D eigenvalue weighted by molar-refractivity contribution is 0.0933. The molecule has 0 saturated heterocycles. The van der Waals surface area contributed by atoms with E-state index in [-0.39, 0.29) is 17.1 Å². The molecule has 0 spiro atoms. The SMILES string of the molecule is C[C@@H](NC(=O)c1nn(-c2ncccc2Cl)c(-c2ccc(Cl)cc2)c1Cc1nn[nH]n1)c1ccc(Cl)c(F)c1. The second-order valence-corrected chi connectivity index (χ2v) is 9.53. The number of carbonyl (C=O) groups excluding carboxylic acids is 1. The fourth-order valence-corrected chi connectivity index (χ4v) is 4.38. The average molecular weight is 572 g/mol. The quantitative estimate of drug-likeness (QED) is 0.262. The summed E-state index contributed by atoms with van der Waals surface area (Å²) in [5.41, 5.74) is 2.37. The van der Waals surface area contributed by atoms with Crippen molar-refractivity contribution in [1.82, 2.24) is 40.7 Å². The molecule has 3 heterocycles. The number of aromatic amines is 1. The van der Waals surface area contributed by atoms with Crippen molar-refractivity contribution in [3.05, 3.63) is 104 Å². The van der Waals surface area contributed by atoms with Crippen LogP contribution in [0.4, 0.5) is 4.39 Å². The third kappa shape index (κ3) is 5.24. The molecule has 0 aliphatic carbocycles. The van der Waals surface area contributed by atoms with Gasteiger partial charge in [-0.3, -0.25) is 4.79 Å². The number of amides is 1. The molecule has 5 aromatic rings. The van der Waals surface area contributed by atoms with E-state index >= 15 is 0 Å². The Labute approximate surface area is 231 Å². The molecule has 0 unspecified atom stereocenters. The van der Waals surface area contributed by atoms with E-state index < -0.39 is 17.8 Å². The van der Waals surface area contributed by atoms with Gasteiger partial charge in [-0.2, -0.15) is 10.3 Å². The molecule has 1 amide bonds. The van der Waals surface area contributed by atoms with Crippen molar-refractivity contribution in [3.63, 3.8) is 0 Å². The van der Waals surface area contributed by atoms with Crippen LogP contribution in [-0.4, -0.2) is 41.3 Å². The van der Waals surface area contributed by atoms with E-state index in [1.165, 1.54) is 16.8 Å². The van der Waals surface area contributed by atoms with Gasteiger partial charge in [0.2, 0.25) is 0 Å². The van der Waals surface area contributed by atoms with Gasteiger partial charge < -0.3 is 5.32 Å². The Balaban J connectivity index is 1.65. The van der Waals surface area contributed by atoms with Crippen molar-refractivity contribution in [2.24, 2.45) is 0 Å². The molecule has 192 valence electrons. The Hall–Kier alpha value is -3.86. The van der Waals surface area contributed by atoms with Crippen molar-refractivity contribution in [1.29, 1.82) is 0 Å². The number of hydrogen-bond donors (Lipinski definition) is 2. The molecule has 3 aromatic heterocycles. The molecule has 2 aromatic carbocycles. The number of benzene rings is 2. The predicted molar refractivity (Wildman–Crippen MR) is 141 cm³/mol. The van der Waals surface area contributed by atoms with E-state index in [0.29, 0.717) is 44.1 Å². The summed E-state index contributed by atoms with van der Waals surface area (Å²) in [5, 5.41) is 22.5. The Bertz CT molecular complexity index is 1610. The highest BCUT2D eigenvalue weighted by atomic mass is 35.5. The summed E-state index contributed by atoms with van der Waals surface area (Å²) < 4.78 is 15.6. The number of pyridine rings is 1. The normalized spacial score (nSPS) is 11.9. The number of rotatable bonds is 7. The van der Waals surface area contributed by atoms with E-state index in [4.69, 9.17) is 34.8 Å². The zero-order valence-corrected chi connectivity index (χ0v) is 21.9. The monoisotopic (exact) mass is 570 g/mol. The second kappa shape index (κ2) is 10.9. The lowest BCUT2D eigenvalue weighted by atomic mass is 10.0. The molecular formula is C25H18Cl3FN8O. The summed E-state index contributed by atoms with van der Waals surface area (Å²) in [4.78, 5) is 18.0. The van der Waals surface area contributed by atoms with Crippen LogP contribution < -0.4 is 5.32 Å². The first-order chi connectivity index (χ1) is 18.3. The third-order valence-corrected chi connectivity index (χ3v) is 6.62. The van der Waals surface area contributed by atoms with Crippen molar-refractivity contribution < 1.29 is 9.18 Å². The summed E-state index contributed by atoms with van der Waals surface area (Å²) in [6, 6.07) is 14.2. The van der Waals surface area contributed by atoms with Gasteiger partial charge in [0, 0.05) is 28.8 Å². The van der Waals surface area contributed by atoms with Crippen LogP contribution in [0.3, 0.4) is 0 Å². The molecular weight excluding hydrogens is 554 g/mol. The number of carbonyl (C=O) groups is 1. The lowest BCUT2D eigenvalue weighted by Crippen LogP contribution is -2.28. The van der Waals surface area contributed by atoms with E-state index in [9.17, 15) is 9.18 Å². The van der Waals surface area contributed by atoms with Gasteiger partial charge in [0.25, 0.3) is 5.91 Å². The molecule has 13 heteroatoms. The van der Waals surface area contributed by atoms with Crippen LogP contribution in [-0.2, 0) is 6.42 Å². The Morgan fingerprint density at radius 2 is 1.89 bits per heavy atom. The van der Waals surface area contributed by atoms with Crippen LogP contribution in [0.25, 0.3) is 17.1 Å². The maximum Gasteiger partial charge on any atom is 0.272 e. The number of nitrogens with one attached hydrogen (secondary N) is 2. The first-order valence-electron chi connectivity index (χ1n) is 11.3. The summed E-state index contributed by atoms with van der Waals surface area (Å²) in [5.74, 6) is -0.427. The maximum atomic E-state index is 14.1. The number of tetrazole rings is 1. The summed E-state index contributed by atoms with van der Waals surface area (Å²) in [6.07, 6.45) is 1.69. The van der Waals surface area contributed by atoms with Crippen LogP contribution in [0, 0.1) is 5.82 Å². The number of aromatic nitrogens is 7. The first kappa shape index (κ1) is 25.8. The van der Waals surface area contributed by atoms with E-state index in [1.807, 2.05) is 0 Å². The molecule has 0 saturated carbocycles. The molecule has 9 nitrogen and oxygen atoms in total. The minimum absolute atomic E-state index is 0.00624. The minimum Gasteiger partial charge on any atom is -0.344 e. The largest absolute Gasteiger partial charge is 0.344 e. The minimum atomic E-state index is -0.581. The molecule has 1 atom stereocenters. The van der Waals surface area contributed by atoms with E-state index in [2.05, 4.69) is 36.0 Å². The van der Waals surface area contributed by atoms with Crippen molar-refractivity contribution in [3.8, 4) is 17.1 Å². The molecule has 38 heavy (non-hydrogen) atoms. The van der Waals surface area contributed by atoms with Crippen LogP contribution in [0.1, 0.15) is 40.4 Å². The van der Waals surface area contributed by atoms with Gasteiger partial charge in [-0.1, -0.05) is 58.2 Å². The molecule has 5 rings (SSSR count). The van der Waals surface area contributed by atoms with Gasteiger partial charge >= 0.3 is 0 Å². The number of hydrogen-bond acceptors (Lipinski definition) is 6. The summed E-state index contributed by atoms with van der Waals surface area (Å²) >= 11 is 18.4. The third-order valence-electron chi connectivity index (χ3n) is 5.77. The van der Waals surface area contributed by atoms with E-state index in [0.717, 1.165) is 0 Å². The summed E-state index contributed by atoms with van der Waals surface area (Å²) in [6.45, 7) is 1.73. The average Bonchev–Trinajstić information content (AvgIpc) is 3.55. The van der Waals surface area contributed by atoms with Gasteiger partial charge in [0.1, 0.15) is 5.82 Å². The highest BCUT2D eigenvalue weighted by Crippen LogP contribution is 2.33. The fraction of sp³-hybridized carbons (Fsp3) is 0.120. The van der Waals surface area contributed by atoms with Crippen LogP contribution in [0.15, 0.2) is 60.8 Å². The van der Waals surface area contributed by atoms with Gasteiger partial charge in [-0.25, -0.2) is 14.1 Å². The van der Waals surface area contributed by atoms with Crippen LogP contribution in [0.5, 0.6) is 0 Å². The molecule has 0 aliphatic heterocycles. The van der Waals surface area contributed by atoms with Gasteiger partial charge in [-0.05, 0) is 48.9 Å². The van der Waals surface area contributed by atoms with Crippen molar-refractivity contribution in [2.75, 3.05) is 0 Å². The lowest BCUT2D eigenvalue weighted by Gasteiger charge is -2.14. The Morgan fingerprint density at radius 1 is 1.11 bits per heavy atom. The van der Waals surface area contributed by atoms with E-state index in [1.54, 1.807) is 55.6 Å². The van der Waals surface area contributed by atoms with Crippen LogP contribution in [0.2, 0.25) is 15.1 Å². The zero-order valence-electron chi connectivity index (χ0n) is 19.7. The number of H-pyrrole nitrogens is 1. The smallest absolute Gasteiger partial charge is 0.272 e. The van der Waals surface area contributed by atoms with Gasteiger partial charge in [0.05, 0.1) is 21.8 Å². The highest BCUT2D eigenvalue weighted by molar-refractivity contribution is 6.32. The zero-order chi connectivity index (χ0) is 26.8. The Morgan fingerprint density at radius 3 is 2.58 bits per heavy atom. The number of nitrogens with zero attached hydrogens (tertiary/aromatic N) is 6. The van der Waals surface area contributed by atoms with Crippen molar-refractivity contribution >= 4 is 40.7 Å². The topological polar surface area (TPSA) is 114 Å². The first-order valence-corrected chi connectivity index (χ1v) is 12.4. The molecule has 0 fully saturated rings. The summed E-state index contributed by atoms with van der Waals surface area (Å²) in [7, 11) is 0. The van der Waals surface area contributed by atoms with Crippen LogP contribution >= 0.6 is 34.8 Å². The fourth-order valence-electron chi connectivity index (χ4n) is 3.94. The maximum absolute atomic E-state index is 14.1.